The molecule has 21 heavy (non-hydrogen) atoms. The largest absolute Gasteiger partial charge is 0.466 e. The number of alkyl carbamates (subject to hydrolysis) is 1. The second-order valence-corrected chi connectivity index (χ2v) is 6.25. The molecule has 0 saturated heterocycles. The summed E-state index contributed by atoms with van der Waals surface area (Å²) in [5, 5.41) is 5.33. The highest BCUT2D eigenvalue weighted by Crippen LogP contribution is 2.41. The van der Waals surface area contributed by atoms with Gasteiger partial charge in [-0.05, 0) is 24.8 Å². The molecule has 0 spiro atoms. The van der Waals surface area contributed by atoms with Crippen LogP contribution in [-0.4, -0.2) is 25.7 Å². The summed E-state index contributed by atoms with van der Waals surface area (Å²) in [6, 6.07) is 1.89. The first-order chi connectivity index (χ1) is 9.80. The van der Waals surface area contributed by atoms with Gasteiger partial charge >= 0.3 is 6.09 Å². The third kappa shape index (κ3) is 3.77. The van der Waals surface area contributed by atoms with Crippen molar-refractivity contribution in [2.45, 2.75) is 39.7 Å². The highest BCUT2D eigenvalue weighted by Gasteiger charge is 2.35. The molecule has 1 aliphatic rings. The lowest BCUT2D eigenvalue weighted by Gasteiger charge is -2.34. The molecule has 0 aromatic carbocycles. The van der Waals surface area contributed by atoms with Crippen LogP contribution in [0.1, 0.15) is 43.4 Å². The van der Waals surface area contributed by atoms with Gasteiger partial charge in [-0.1, -0.05) is 13.8 Å². The predicted molar refractivity (Wildman–Crippen MR) is 76.8 cm³/mol. The standard InChI is InChI=1S/C15H22N2O4/c1-9-5-10-11(6-15(2,3)7-12(10)21-9)17-13(18)8-16-14(19)20-4/h5,11H,6-8H2,1-4H3,(H,16,19)(H,17,18)/t11-/m1/s1. The van der Waals surface area contributed by atoms with Crippen molar-refractivity contribution in [2.24, 2.45) is 5.41 Å². The minimum atomic E-state index is -0.617. The van der Waals surface area contributed by atoms with Gasteiger partial charge in [0.2, 0.25) is 5.91 Å². The minimum absolute atomic E-state index is 0.0605. The van der Waals surface area contributed by atoms with Crippen molar-refractivity contribution >= 4 is 12.0 Å². The molecule has 1 aliphatic carbocycles. The first-order valence-electron chi connectivity index (χ1n) is 7.01. The molecule has 1 aromatic rings. The van der Waals surface area contributed by atoms with Gasteiger partial charge in [0.15, 0.2) is 0 Å². The third-order valence-corrected chi connectivity index (χ3v) is 3.65. The Labute approximate surface area is 124 Å². The summed E-state index contributed by atoms with van der Waals surface area (Å²) >= 11 is 0. The number of carbonyl (C=O) groups is 2. The van der Waals surface area contributed by atoms with Gasteiger partial charge in [-0.3, -0.25) is 4.79 Å². The van der Waals surface area contributed by atoms with Crippen molar-refractivity contribution in [3.63, 3.8) is 0 Å². The van der Waals surface area contributed by atoms with Crippen LogP contribution >= 0.6 is 0 Å². The summed E-state index contributed by atoms with van der Waals surface area (Å²) in [5.41, 5.74) is 1.10. The number of amides is 2. The number of ether oxygens (including phenoxy) is 1. The fraction of sp³-hybridized carbons (Fsp3) is 0.600. The molecule has 2 rings (SSSR count). The van der Waals surface area contributed by atoms with Gasteiger partial charge in [-0.2, -0.15) is 0 Å². The molecule has 2 N–H and O–H groups in total. The van der Waals surface area contributed by atoms with E-state index < -0.39 is 6.09 Å². The van der Waals surface area contributed by atoms with Gasteiger partial charge in [0.05, 0.1) is 13.2 Å². The molecule has 0 aliphatic heterocycles. The number of aryl methyl sites for hydroxylation is 1. The van der Waals surface area contributed by atoms with E-state index in [1.807, 2.05) is 13.0 Å². The summed E-state index contributed by atoms with van der Waals surface area (Å²) in [6.45, 7) is 6.11. The van der Waals surface area contributed by atoms with Gasteiger partial charge in [0.1, 0.15) is 18.1 Å². The van der Waals surface area contributed by atoms with Crippen molar-refractivity contribution in [2.75, 3.05) is 13.7 Å². The van der Waals surface area contributed by atoms with Crippen LogP contribution in [0.4, 0.5) is 4.79 Å². The number of nitrogens with one attached hydrogen (secondary N) is 2. The van der Waals surface area contributed by atoms with Crippen LogP contribution in [0.15, 0.2) is 10.5 Å². The first kappa shape index (κ1) is 15.4. The van der Waals surface area contributed by atoms with E-state index in [-0.39, 0.29) is 23.9 Å². The van der Waals surface area contributed by atoms with Gasteiger partial charge in [-0.15, -0.1) is 0 Å². The molecular weight excluding hydrogens is 272 g/mol. The maximum absolute atomic E-state index is 11.9. The Kier molecular flexibility index (Phi) is 4.25. The summed E-state index contributed by atoms with van der Waals surface area (Å²) in [4.78, 5) is 22.9. The van der Waals surface area contributed by atoms with E-state index in [0.717, 1.165) is 29.9 Å². The monoisotopic (exact) mass is 294 g/mol. The Balaban J connectivity index is 2.05. The van der Waals surface area contributed by atoms with Crippen molar-refractivity contribution in [1.29, 1.82) is 0 Å². The Bertz CT molecular complexity index is 548. The highest BCUT2D eigenvalue weighted by molar-refractivity contribution is 5.82. The van der Waals surface area contributed by atoms with E-state index >= 15 is 0 Å². The van der Waals surface area contributed by atoms with Crippen LogP contribution in [-0.2, 0) is 16.0 Å². The zero-order chi connectivity index (χ0) is 15.6. The van der Waals surface area contributed by atoms with Crippen molar-refractivity contribution in [1.82, 2.24) is 10.6 Å². The molecule has 0 saturated carbocycles. The number of hydrogen-bond acceptors (Lipinski definition) is 4. The summed E-state index contributed by atoms with van der Waals surface area (Å²) in [6.07, 6.45) is 1.08. The number of carbonyl (C=O) groups excluding carboxylic acids is 2. The molecule has 0 fully saturated rings. The topological polar surface area (TPSA) is 80.6 Å². The molecule has 116 valence electrons. The van der Waals surface area contributed by atoms with Crippen molar-refractivity contribution in [3.05, 3.63) is 23.2 Å². The quantitative estimate of drug-likeness (QED) is 0.894. The van der Waals surface area contributed by atoms with Crippen LogP contribution in [0.3, 0.4) is 0 Å². The highest BCUT2D eigenvalue weighted by atomic mass is 16.5. The molecule has 6 heteroatoms. The van der Waals surface area contributed by atoms with E-state index in [9.17, 15) is 9.59 Å². The van der Waals surface area contributed by atoms with Crippen LogP contribution in [0.25, 0.3) is 0 Å². The maximum Gasteiger partial charge on any atom is 0.407 e. The smallest absolute Gasteiger partial charge is 0.407 e. The second-order valence-electron chi connectivity index (χ2n) is 6.25. The Morgan fingerprint density at radius 2 is 2.19 bits per heavy atom. The fourth-order valence-electron chi connectivity index (χ4n) is 2.78. The average molecular weight is 294 g/mol. The summed E-state index contributed by atoms with van der Waals surface area (Å²) in [7, 11) is 1.26. The molecule has 0 bridgehead atoms. The number of hydrogen-bond donors (Lipinski definition) is 2. The lowest BCUT2D eigenvalue weighted by atomic mass is 9.74. The zero-order valence-electron chi connectivity index (χ0n) is 12.9. The van der Waals surface area contributed by atoms with E-state index in [1.165, 1.54) is 7.11 Å². The van der Waals surface area contributed by atoms with Gasteiger partial charge < -0.3 is 19.8 Å². The molecule has 1 heterocycles. The van der Waals surface area contributed by atoms with E-state index in [1.54, 1.807) is 0 Å². The first-order valence-corrected chi connectivity index (χ1v) is 7.01. The predicted octanol–water partition coefficient (Wildman–Crippen LogP) is 2.07. The zero-order valence-corrected chi connectivity index (χ0v) is 12.9. The number of fused-ring (bicyclic) bond motifs is 1. The molecule has 6 nitrogen and oxygen atoms in total. The van der Waals surface area contributed by atoms with Gasteiger partial charge in [0, 0.05) is 12.0 Å². The van der Waals surface area contributed by atoms with E-state index in [2.05, 4.69) is 29.2 Å². The molecule has 0 radical (unpaired) electrons. The summed E-state index contributed by atoms with van der Waals surface area (Å²) in [5.74, 6) is 1.55. The molecule has 1 atom stereocenters. The maximum atomic E-state index is 11.9. The molecule has 1 aromatic heterocycles. The lowest BCUT2D eigenvalue weighted by Crippen LogP contribution is -2.41. The minimum Gasteiger partial charge on any atom is -0.466 e. The summed E-state index contributed by atoms with van der Waals surface area (Å²) < 4.78 is 10.2. The average Bonchev–Trinajstić information content (AvgIpc) is 2.74. The van der Waals surface area contributed by atoms with Crippen LogP contribution in [0, 0.1) is 12.3 Å². The van der Waals surface area contributed by atoms with Crippen molar-refractivity contribution < 1.29 is 18.7 Å². The fourth-order valence-corrected chi connectivity index (χ4v) is 2.78. The van der Waals surface area contributed by atoms with E-state index in [0.29, 0.717) is 0 Å². The molecule has 2 amide bonds. The lowest BCUT2D eigenvalue weighted by molar-refractivity contribution is -0.121. The number of rotatable bonds is 3. The van der Waals surface area contributed by atoms with Gasteiger partial charge in [-0.25, -0.2) is 4.79 Å². The number of furan rings is 1. The second kappa shape index (κ2) is 5.79. The van der Waals surface area contributed by atoms with Gasteiger partial charge in [0.25, 0.3) is 0 Å². The van der Waals surface area contributed by atoms with Crippen molar-refractivity contribution in [3.8, 4) is 0 Å². The van der Waals surface area contributed by atoms with E-state index in [4.69, 9.17) is 4.42 Å². The van der Waals surface area contributed by atoms with Crippen LogP contribution in [0.2, 0.25) is 0 Å². The normalized spacial score (nSPS) is 19.5. The SMILES string of the molecule is COC(=O)NCC(=O)N[C@@H]1CC(C)(C)Cc2oc(C)cc21. The Morgan fingerprint density at radius 3 is 2.86 bits per heavy atom. The number of methoxy groups -OCH3 is 1. The van der Waals surface area contributed by atoms with Crippen LogP contribution in [0.5, 0.6) is 0 Å². The molecular formula is C15H22N2O4. The molecule has 0 unspecified atom stereocenters. The van der Waals surface area contributed by atoms with Crippen LogP contribution < -0.4 is 10.6 Å². The third-order valence-electron chi connectivity index (χ3n) is 3.65. The Morgan fingerprint density at radius 1 is 1.48 bits per heavy atom. The Hall–Kier alpha value is -1.98.